The molecule has 2 aromatic rings. The molecule has 0 spiro atoms. The Kier molecular flexibility index (Phi) is 6.36. The topological polar surface area (TPSA) is 50.7 Å². The zero-order chi connectivity index (χ0) is 16.8. The summed E-state index contributed by atoms with van der Waals surface area (Å²) in [6, 6.07) is 11.7. The van der Waals surface area contributed by atoms with Crippen LogP contribution in [0.5, 0.6) is 5.75 Å². The fourth-order valence-electron chi connectivity index (χ4n) is 1.83. The second-order valence-corrected chi connectivity index (χ2v) is 6.76. The summed E-state index contributed by atoms with van der Waals surface area (Å²) in [6.45, 7) is 3.87. The number of halogens is 2. The first kappa shape index (κ1) is 17.7. The number of hydrazone groups is 1. The van der Waals surface area contributed by atoms with Crippen LogP contribution in [-0.4, -0.2) is 18.7 Å². The fourth-order valence-corrected chi connectivity index (χ4v) is 3.47. The SMILES string of the molecule is Cc1ccc(/C=N\NC(=O)COc2c(Br)cc(C)cc2Br)cc1. The molecule has 1 amide bonds. The lowest BCUT2D eigenvalue weighted by Gasteiger charge is -2.10. The van der Waals surface area contributed by atoms with E-state index in [4.69, 9.17) is 4.74 Å². The predicted octanol–water partition coefficient (Wildman–Crippen LogP) is 4.36. The van der Waals surface area contributed by atoms with Crippen molar-refractivity contribution < 1.29 is 9.53 Å². The molecule has 0 saturated carbocycles. The number of nitrogens with zero attached hydrogens (tertiary/aromatic N) is 1. The Balaban J connectivity index is 1.87. The number of aryl methyl sites for hydroxylation is 2. The fraction of sp³-hybridized carbons (Fsp3) is 0.176. The molecule has 23 heavy (non-hydrogen) atoms. The number of carbonyl (C=O) groups is 1. The third-order valence-electron chi connectivity index (χ3n) is 2.97. The number of rotatable bonds is 5. The van der Waals surface area contributed by atoms with Crippen molar-refractivity contribution in [3.05, 3.63) is 62.0 Å². The minimum Gasteiger partial charge on any atom is -0.481 e. The molecule has 0 aliphatic rings. The summed E-state index contributed by atoms with van der Waals surface area (Å²) in [4.78, 5) is 11.8. The molecule has 0 fully saturated rings. The van der Waals surface area contributed by atoms with Crippen LogP contribution in [0.3, 0.4) is 0 Å². The normalized spacial score (nSPS) is 10.8. The monoisotopic (exact) mass is 438 g/mol. The van der Waals surface area contributed by atoms with Crippen molar-refractivity contribution in [2.75, 3.05) is 6.61 Å². The van der Waals surface area contributed by atoms with Crippen molar-refractivity contribution in [2.24, 2.45) is 5.10 Å². The van der Waals surface area contributed by atoms with Gasteiger partial charge in [0.25, 0.3) is 5.91 Å². The quantitative estimate of drug-likeness (QED) is 0.555. The molecule has 0 atom stereocenters. The molecule has 0 saturated heterocycles. The van der Waals surface area contributed by atoms with E-state index < -0.39 is 0 Å². The van der Waals surface area contributed by atoms with Gasteiger partial charge in [0.2, 0.25) is 0 Å². The highest BCUT2D eigenvalue weighted by atomic mass is 79.9. The largest absolute Gasteiger partial charge is 0.481 e. The van der Waals surface area contributed by atoms with Crippen LogP contribution in [0.1, 0.15) is 16.7 Å². The molecule has 0 bridgehead atoms. The molecule has 4 nitrogen and oxygen atoms in total. The van der Waals surface area contributed by atoms with Gasteiger partial charge in [0.15, 0.2) is 6.61 Å². The molecular weight excluding hydrogens is 424 g/mol. The summed E-state index contributed by atoms with van der Waals surface area (Å²) in [6.07, 6.45) is 1.59. The van der Waals surface area contributed by atoms with Crippen LogP contribution < -0.4 is 10.2 Å². The van der Waals surface area contributed by atoms with E-state index in [9.17, 15) is 4.79 Å². The highest BCUT2D eigenvalue weighted by Crippen LogP contribution is 2.34. The van der Waals surface area contributed by atoms with Gasteiger partial charge in [-0.3, -0.25) is 4.79 Å². The van der Waals surface area contributed by atoms with Gasteiger partial charge >= 0.3 is 0 Å². The van der Waals surface area contributed by atoms with Crippen LogP contribution in [0.15, 0.2) is 50.4 Å². The lowest BCUT2D eigenvalue weighted by molar-refractivity contribution is -0.123. The predicted molar refractivity (Wildman–Crippen MR) is 99.0 cm³/mol. The summed E-state index contributed by atoms with van der Waals surface area (Å²) in [7, 11) is 0. The zero-order valence-corrected chi connectivity index (χ0v) is 15.9. The van der Waals surface area contributed by atoms with E-state index in [2.05, 4.69) is 42.4 Å². The van der Waals surface area contributed by atoms with Gasteiger partial charge in [-0.25, -0.2) is 5.43 Å². The van der Waals surface area contributed by atoms with Crippen molar-refractivity contribution in [3.8, 4) is 5.75 Å². The minimum absolute atomic E-state index is 0.120. The van der Waals surface area contributed by atoms with Gasteiger partial charge in [0, 0.05) is 0 Å². The molecule has 2 aromatic carbocycles. The highest BCUT2D eigenvalue weighted by molar-refractivity contribution is 9.11. The number of ether oxygens (including phenoxy) is 1. The van der Waals surface area contributed by atoms with E-state index in [1.54, 1.807) is 6.21 Å². The molecule has 2 rings (SSSR count). The van der Waals surface area contributed by atoms with Gasteiger partial charge in [-0.2, -0.15) is 5.10 Å². The Morgan fingerprint density at radius 3 is 2.35 bits per heavy atom. The van der Waals surface area contributed by atoms with Crippen molar-refractivity contribution in [3.63, 3.8) is 0 Å². The highest BCUT2D eigenvalue weighted by Gasteiger charge is 2.09. The third kappa shape index (κ3) is 5.48. The van der Waals surface area contributed by atoms with Crippen LogP contribution in [0.2, 0.25) is 0 Å². The van der Waals surface area contributed by atoms with E-state index in [0.717, 1.165) is 20.1 Å². The minimum atomic E-state index is -0.326. The Morgan fingerprint density at radius 1 is 1.13 bits per heavy atom. The molecule has 0 heterocycles. The molecule has 1 N–H and O–H groups in total. The van der Waals surface area contributed by atoms with Crippen molar-refractivity contribution in [1.29, 1.82) is 0 Å². The number of hydrogen-bond donors (Lipinski definition) is 1. The van der Waals surface area contributed by atoms with Gasteiger partial charge < -0.3 is 4.74 Å². The number of benzene rings is 2. The summed E-state index contributed by atoms with van der Waals surface area (Å²) in [5.41, 5.74) is 5.62. The maximum Gasteiger partial charge on any atom is 0.277 e. The number of nitrogens with one attached hydrogen (secondary N) is 1. The molecule has 0 radical (unpaired) electrons. The van der Waals surface area contributed by atoms with Gasteiger partial charge in [0.1, 0.15) is 5.75 Å². The number of amides is 1. The second-order valence-electron chi connectivity index (χ2n) is 5.05. The molecule has 0 unspecified atom stereocenters. The average molecular weight is 440 g/mol. The first-order valence-electron chi connectivity index (χ1n) is 6.92. The summed E-state index contributed by atoms with van der Waals surface area (Å²) in [5.74, 6) is 0.265. The van der Waals surface area contributed by atoms with Crippen LogP contribution in [-0.2, 0) is 4.79 Å². The maximum absolute atomic E-state index is 11.8. The van der Waals surface area contributed by atoms with Crippen LogP contribution in [0, 0.1) is 13.8 Å². The molecule has 0 aliphatic heterocycles. The molecule has 120 valence electrons. The lowest BCUT2D eigenvalue weighted by Crippen LogP contribution is -2.24. The smallest absolute Gasteiger partial charge is 0.277 e. The van der Waals surface area contributed by atoms with E-state index in [1.165, 1.54) is 5.56 Å². The Bertz CT molecular complexity index is 705. The molecular formula is C17H16Br2N2O2. The Hall–Kier alpha value is -1.66. The van der Waals surface area contributed by atoms with Crippen LogP contribution >= 0.6 is 31.9 Å². The molecule has 0 aliphatic carbocycles. The standard InChI is InChI=1S/C17H16Br2N2O2/c1-11-3-5-13(6-4-11)9-20-21-16(22)10-23-17-14(18)7-12(2)8-15(17)19/h3-9H,10H2,1-2H3,(H,21,22)/b20-9-. The summed E-state index contributed by atoms with van der Waals surface area (Å²) < 4.78 is 7.11. The van der Waals surface area contributed by atoms with Gasteiger partial charge in [0.05, 0.1) is 15.2 Å². The van der Waals surface area contributed by atoms with E-state index in [0.29, 0.717) is 5.75 Å². The van der Waals surface area contributed by atoms with Gasteiger partial charge in [-0.15, -0.1) is 0 Å². The third-order valence-corrected chi connectivity index (χ3v) is 4.15. The summed E-state index contributed by atoms with van der Waals surface area (Å²) in [5, 5.41) is 3.91. The first-order valence-corrected chi connectivity index (χ1v) is 8.51. The zero-order valence-electron chi connectivity index (χ0n) is 12.8. The lowest BCUT2D eigenvalue weighted by atomic mass is 10.2. The van der Waals surface area contributed by atoms with Gasteiger partial charge in [-0.1, -0.05) is 29.8 Å². The van der Waals surface area contributed by atoms with E-state index >= 15 is 0 Å². The number of carbonyl (C=O) groups excluding carboxylic acids is 1. The van der Waals surface area contributed by atoms with Crippen LogP contribution in [0.25, 0.3) is 0 Å². The molecule has 6 heteroatoms. The van der Waals surface area contributed by atoms with Crippen molar-refractivity contribution in [1.82, 2.24) is 5.43 Å². The Labute approximate surface area is 152 Å². The van der Waals surface area contributed by atoms with Gasteiger partial charge in [-0.05, 0) is 69.0 Å². The second kappa shape index (κ2) is 8.26. The summed E-state index contributed by atoms with van der Waals surface area (Å²) >= 11 is 6.84. The van der Waals surface area contributed by atoms with E-state index in [-0.39, 0.29) is 12.5 Å². The molecule has 0 aromatic heterocycles. The van der Waals surface area contributed by atoms with Crippen LogP contribution in [0.4, 0.5) is 0 Å². The maximum atomic E-state index is 11.8. The first-order chi connectivity index (χ1) is 11.0. The Morgan fingerprint density at radius 2 is 1.74 bits per heavy atom. The van der Waals surface area contributed by atoms with Crippen molar-refractivity contribution >= 4 is 44.0 Å². The average Bonchev–Trinajstić information content (AvgIpc) is 2.48. The number of hydrogen-bond acceptors (Lipinski definition) is 3. The van der Waals surface area contributed by atoms with Crippen molar-refractivity contribution in [2.45, 2.75) is 13.8 Å². The van der Waals surface area contributed by atoms with E-state index in [1.807, 2.05) is 50.2 Å².